The van der Waals surface area contributed by atoms with Gasteiger partial charge in [-0.25, -0.2) is 4.98 Å². The number of aryl methyl sites for hydroxylation is 1. The molecule has 0 saturated carbocycles. The molecular formula is C19H19N3OS. The van der Waals surface area contributed by atoms with Crippen molar-refractivity contribution in [3.05, 3.63) is 58.9 Å². The van der Waals surface area contributed by atoms with E-state index in [0.29, 0.717) is 0 Å². The summed E-state index contributed by atoms with van der Waals surface area (Å²) >= 11 is 1.62. The van der Waals surface area contributed by atoms with Gasteiger partial charge in [0.25, 0.3) is 0 Å². The van der Waals surface area contributed by atoms with Gasteiger partial charge in [-0.1, -0.05) is 12.1 Å². The molecule has 1 amide bonds. The van der Waals surface area contributed by atoms with E-state index in [9.17, 15) is 4.79 Å². The van der Waals surface area contributed by atoms with Crippen LogP contribution >= 0.6 is 11.3 Å². The van der Waals surface area contributed by atoms with Gasteiger partial charge in [-0.2, -0.15) is 0 Å². The summed E-state index contributed by atoms with van der Waals surface area (Å²) in [5.41, 5.74) is 6.13. The zero-order chi connectivity index (χ0) is 16.5. The van der Waals surface area contributed by atoms with E-state index in [1.807, 2.05) is 30.6 Å². The van der Waals surface area contributed by atoms with Gasteiger partial charge in [0.05, 0.1) is 33.4 Å². The van der Waals surface area contributed by atoms with E-state index in [-0.39, 0.29) is 17.9 Å². The minimum Gasteiger partial charge on any atom is -0.349 e. The van der Waals surface area contributed by atoms with Crippen LogP contribution < -0.4 is 5.32 Å². The normalized spacial score (nSPS) is 18.1. The van der Waals surface area contributed by atoms with Crippen LogP contribution in [-0.2, 0) is 11.2 Å². The predicted molar refractivity (Wildman–Crippen MR) is 96.1 cm³/mol. The first-order valence-corrected chi connectivity index (χ1v) is 9.17. The van der Waals surface area contributed by atoms with Crippen molar-refractivity contribution in [2.75, 3.05) is 0 Å². The molecule has 1 aromatic carbocycles. The van der Waals surface area contributed by atoms with Gasteiger partial charge in [-0.05, 0) is 55.5 Å². The molecule has 0 bridgehead atoms. The fourth-order valence-corrected chi connectivity index (χ4v) is 4.13. The highest BCUT2D eigenvalue weighted by atomic mass is 32.1. The predicted octanol–water partition coefficient (Wildman–Crippen LogP) is 3.99. The molecule has 2 heterocycles. The van der Waals surface area contributed by atoms with Crippen LogP contribution in [0.2, 0.25) is 0 Å². The molecule has 5 heteroatoms. The lowest BCUT2D eigenvalue weighted by atomic mass is 9.86. The van der Waals surface area contributed by atoms with Crippen molar-refractivity contribution < 1.29 is 4.79 Å². The molecule has 0 saturated heterocycles. The fraction of sp³-hybridized carbons (Fsp3) is 0.316. The van der Waals surface area contributed by atoms with E-state index in [1.54, 1.807) is 17.5 Å². The Bertz CT molecular complexity index is 889. The molecule has 2 unspecified atom stereocenters. The van der Waals surface area contributed by atoms with Gasteiger partial charge in [0, 0.05) is 6.20 Å². The SMILES string of the molecule is CC(NC(=O)C1CCCc2cccnc21)c1ccc2ncsc2c1. The van der Waals surface area contributed by atoms with Crippen LogP contribution in [0.15, 0.2) is 42.0 Å². The number of amides is 1. The monoisotopic (exact) mass is 337 g/mol. The Morgan fingerprint density at radius 1 is 1.33 bits per heavy atom. The second kappa shape index (κ2) is 6.32. The molecule has 4 rings (SSSR count). The number of carbonyl (C=O) groups is 1. The molecule has 122 valence electrons. The zero-order valence-electron chi connectivity index (χ0n) is 13.5. The maximum atomic E-state index is 12.8. The van der Waals surface area contributed by atoms with Crippen LogP contribution in [0.1, 0.15) is 48.5 Å². The first kappa shape index (κ1) is 15.3. The Labute approximate surface area is 145 Å². The van der Waals surface area contributed by atoms with E-state index in [0.717, 1.165) is 40.7 Å². The second-order valence-corrected chi connectivity index (χ2v) is 7.19. The molecule has 0 fully saturated rings. The van der Waals surface area contributed by atoms with E-state index in [4.69, 9.17) is 0 Å². The molecule has 1 N–H and O–H groups in total. The number of nitrogens with zero attached hydrogens (tertiary/aromatic N) is 2. The third-order valence-corrected chi connectivity index (χ3v) is 5.52. The molecule has 1 aliphatic rings. The molecule has 1 aliphatic carbocycles. The Morgan fingerprint density at radius 3 is 3.17 bits per heavy atom. The minimum absolute atomic E-state index is 0.0295. The van der Waals surface area contributed by atoms with Crippen molar-refractivity contribution >= 4 is 27.5 Å². The lowest BCUT2D eigenvalue weighted by Gasteiger charge is -2.25. The van der Waals surface area contributed by atoms with Crippen LogP contribution in [0.4, 0.5) is 0 Å². The van der Waals surface area contributed by atoms with Gasteiger partial charge in [0.15, 0.2) is 0 Å². The number of hydrogen-bond acceptors (Lipinski definition) is 4. The lowest BCUT2D eigenvalue weighted by molar-refractivity contribution is -0.123. The Kier molecular flexibility index (Phi) is 4.02. The van der Waals surface area contributed by atoms with Gasteiger partial charge in [0.2, 0.25) is 5.91 Å². The Morgan fingerprint density at radius 2 is 2.25 bits per heavy atom. The second-order valence-electron chi connectivity index (χ2n) is 6.30. The van der Waals surface area contributed by atoms with Crippen molar-refractivity contribution in [2.24, 2.45) is 0 Å². The van der Waals surface area contributed by atoms with Crippen LogP contribution in [-0.4, -0.2) is 15.9 Å². The van der Waals surface area contributed by atoms with E-state index in [1.165, 1.54) is 5.56 Å². The van der Waals surface area contributed by atoms with Crippen LogP contribution in [0.3, 0.4) is 0 Å². The first-order valence-electron chi connectivity index (χ1n) is 8.29. The topological polar surface area (TPSA) is 54.9 Å². The summed E-state index contributed by atoms with van der Waals surface area (Å²) in [6.45, 7) is 2.03. The summed E-state index contributed by atoms with van der Waals surface area (Å²) in [7, 11) is 0. The molecule has 0 aliphatic heterocycles. The van der Waals surface area contributed by atoms with E-state index < -0.39 is 0 Å². The van der Waals surface area contributed by atoms with Gasteiger partial charge in [0.1, 0.15) is 0 Å². The molecular weight excluding hydrogens is 318 g/mol. The lowest BCUT2D eigenvalue weighted by Crippen LogP contribution is -2.33. The molecule has 2 aromatic heterocycles. The number of hydrogen-bond donors (Lipinski definition) is 1. The molecule has 3 aromatic rings. The largest absolute Gasteiger partial charge is 0.349 e. The summed E-state index contributed by atoms with van der Waals surface area (Å²) < 4.78 is 1.15. The highest BCUT2D eigenvalue weighted by Gasteiger charge is 2.28. The summed E-state index contributed by atoms with van der Waals surface area (Å²) in [5.74, 6) is -0.0592. The van der Waals surface area contributed by atoms with E-state index >= 15 is 0 Å². The average Bonchev–Trinajstić information content (AvgIpc) is 3.08. The zero-order valence-corrected chi connectivity index (χ0v) is 14.3. The smallest absolute Gasteiger partial charge is 0.229 e. The number of rotatable bonds is 3. The summed E-state index contributed by atoms with van der Waals surface area (Å²) in [4.78, 5) is 21.6. The third-order valence-electron chi connectivity index (χ3n) is 4.73. The van der Waals surface area contributed by atoms with Crippen molar-refractivity contribution in [3.63, 3.8) is 0 Å². The van der Waals surface area contributed by atoms with Gasteiger partial charge in [-0.3, -0.25) is 9.78 Å². The fourth-order valence-electron chi connectivity index (χ4n) is 3.40. The van der Waals surface area contributed by atoms with Crippen LogP contribution in [0.25, 0.3) is 10.2 Å². The van der Waals surface area contributed by atoms with E-state index in [2.05, 4.69) is 27.4 Å². The molecule has 4 nitrogen and oxygen atoms in total. The van der Waals surface area contributed by atoms with Crippen molar-refractivity contribution in [2.45, 2.75) is 38.1 Å². The number of fused-ring (bicyclic) bond motifs is 2. The van der Waals surface area contributed by atoms with Gasteiger partial charge >= 0.3 is 0 Å². The maximum Gasteiger partial charge on any atom is 0.229 e. The number of nitrogens with one attached hydrogen (secondary N) is 1. The third kappa shape index (κ3) is 2.80. The first-order chi connectivity index (χ1) is 11.7. The Balaban J connectivity index is 1.53. The van der Waals surface area contributed by atoms with Gasteiger partial charge < -0.3 is 5.32 Å². The summed E-state index contributed by atoms with van der Waals surface area (Å²) in [6.07, 6.45) is 4.71. The van der Waals surface area contributed by atoms with Gasteiger partial charge in [-0.15, -0.1) is 11.3 Å². The number of aromatic nitrogens is 2. The number of benzene rings is 1. The van der Waals surface area contributed by atoms with Crippen molar-refractivity contribution in [3.8, 4) is 0 Å². The standard InChI is InChI=1S/C19H19N3OS/c1-12(14-7-8-16-17(10-14)24-11-21-16)22-19(23)15-6-2-4-13-5-3-9-20-18(13)15/h3,5,7-12,15H,2,4,6H2,1H3,(H,22,23). The quantitative estimate of drug-likeness (QED) is 0.786. The highest BCUT2D eigenvalue weighted by Crippen LogP contribution is 2.31. The number of carbonyl (C=O) groups excluding carboxylic acids is 1. The highest BCUT2D eigenvalue weighted by molar-refractivity contribution is 7.16. The Hall–Kier alpha value is -2.27. The van der Waals surface area contributed by atoms with Crippen LogP contribution in [0, 0.1) is 0 Å². The number of pyridine rings is 1. The molecule has 24 heavy (non-hydrogen) atoms. The average molecular weight is 337 g/mol. The van der Waals surface area contributed by atoms with Crippen molar-refractivity contribution in [1.82, 2.24) is 15.3 Å². The number of thiazole rings is 1. The molecule has 0 radical (unpaired) electrons. The molecule has 0 spiro atoms. The summed E-state index contributed by atoms with van der Waals surface area (Å²) in [6, 6.07) is 10.2. The maximum absolute atomic E-state index is 12.8. The van der Waals surface area contributed by atoms with Crippen molar-refractivity contribution in [1.29, 1.82) is 0 Å². The summed E-state index contributed by atoms with van der Waals surface area (Å²) in [5, 5.41) is 3.17. The molecule has 2 atom stereocenters. The van der Waals surface area contributed by atoms with Crippen LogP contribution in [0.5, 0.6) is 0 Å². The minimum atomic E-state index is -0.135.